The van der Waals surface area contributed by atoms with E-state index in [9.17, 15) is 0 Å². The first-order valence-electron chi connectivity index (χ1n) is 9.51. The second-order valence-electron chi connectivity index (χ2n) is 7.23. The molecule has 1 aliphatic heterocycles. The fourth-order valence-electron chi connectivity index (χ4n) is 4.02. The molecular formula is C22H27N3O. The van der Waals surface area contributed by atoms with Crippen molar-refractivity contribution in [1.29, 1.82) is 0 Å². The number of imidazole rings is 1. The number of hydrogen-bond donors (Lipinski definition) is 0. The van der Waals surface area contributed by atoms with Gasteiger partial charge in [-0.1, -0.05) is 24.3 Å². The van der Waals surface area contributed by atoms with Crippen molar-refractivity contribution in [2.45, 2.75) is 25.2 Å². The third-order valence-electron chi connectivity index (χ3n) is 5.65. The number of fused-ring (bicyclic) bond motifs is 1. The van der Waals surface area contributed by atoms with E-state index in [1.54, 1.807) is 7.11 Å². The van der Waals surface area contributed by atoms with E-state index in [1.165, 1.54) is 29.7 Å². The van der Waals surface area contributed by atoms with Crippen molar-refractivity contribution >= 4 is 11.0 Å². The Morgan fingerprint density at radius 1 is 1.04 bits per heavy atom. The number of aromatic nitrogens is 2. The van der Waals surface area contributed by atoms with Crippen molar-refractivity contribution < 1.29 is 4.74 Å². The maximum absolute atomic E-state index is 5.23. The van der Waals surface area contributed by atoms with Crippen molar-refractivity contribution in [3.63, 3.8) is 0 Å². The maximum Gasteiger partial charge on any atom is 0.118 e. The van der Waals surface area contributed by atoms with Crippen LogP contribution in [0.1, 0.15) is 30.1 Å². The molecular weight excluding hydrogens is 322 g/mol. The van der Waals surface area contributed by atoms with Gasteiger partial charge in [-0.05, 0) is 62.2 Å². The van der Waals surface area contributed by atoms with Crippen molar-refractivity contribution in [1.82, 2.24) is 14.5 Å². The fraction of sp³-hybridized carbons (Fsp3) is 0.409. The highest BCUT2D eigenvalue weighted by molar-refractivity contribution is 5.75. The molecule has 1 saturated heterocycles. The van der Waals surface area contributed by atoms with Crippen LogP contribution in [0.4, 0.5) is 0 Å². The van der Waals surface area contributed by atoms with Crippen LogP contribution in [0, 0.1) is 0 Å². The Morgan fingerprint density at radius 3 is 2.46 bits per heavy atom. The van der Waals surface area contributed by atoms with E-state index in [2.05, 4.69) is 52.9 Å². The van der Waals surface area contributed by atoms with Gasteiger partial charge in [-0.25, -0.2) is 4.98 Å². The zero-order valence-electron chi connectivity index (χ0n) is 15.7. The number of aryl methyl sites for hydroxylation is 1. The van der Waals surface area contributed by atoms with Crippen LogP contribution in [0.25, 0.3) is 11.0 Å². The van der Waals surface area contributed by atoms with E-state index in [1.807, 2.05) is 12.1 Å². The van der Waals surface area contributed by atoms with E-state index in [4.69, 9.17) is 9.72 Å². The summed E-state index contributed by atoms with van der Waals surface area (Å²) in [6.45, 7) is 3.44. The molecule has 0 radical (unpaired) electrons. The van der Waals surface area contributed by atoms with Gasteiger partial charge in [0.15, 0.2) is 0 Å². The highest BCUT2D eigenvalue weighted by atomic mass is 16.5. The Balaban J connectivity index is 1.34. The third kappa shape index (κ3) is 3.47. The Morgan fingerprint density at radius 2 is 1.77 bits per heavy atom. The van der Waals surface area contributed by atoms with Crippen LogP contribution in [0.15, 0.2) is 48.5 Å². The van der Waals surface area contributed by atoms with Crippen molar-refractivity contribution in [2.24, 2.45) is 7.05 Å². The molecule has 0 saturated carbocycles. The summed E-state index contributed by atoms with van der Waals surface area (Å²) < 4.78 is 7.52. The Hall–Kier alpha value is -2.33. The molecule has 3 aromatic rings. The number of rotatable bonds is 5. The molecule has 0 bridgehead atoms. The normalized spacial score (nSPS) is 16.2. The minimum absolute atomic E-state index is 0.574. The van der Waals surface area contributed by atoms with Crippen LogP contribution in [0.5, 0.6) is 5.75 Å². The lowest BCUT2D eigenvalue weighted by atomic mass is 9.95. The summed E-state index contributed by atoms with van der Waals surface area (Å²) in [6, 6.07) is 16.9. The Bertz CT molecular complexity index is 861. The molecule has 0 N–H and O–H groups in total. The molecule has 1 aliphatic rings. The summed E-state index contributed by atoms with van der Waals surface area (Å²) >= 11 is 0. The molecule has 0 aliphatic carbocycles. The predicted molar refractivity (Wildman–Crippen MR) is 106 cm³/mol. The summed E-state index contributed by atoms with van der Waals surface area (Å²) in [4.78, 5) is 7.49. The molecule has 4 rings (SSSR count). The standard InChI is InChI=1S/C22H27N3O/c1-24-21-6-4-3-5-20(21)23-22(24)18-12-15-25(16-13-18)14-11-17-7-9-19(26-2)10-8-17/h3-10,18H,11-16H2,1-2H3. The first kappa shape index (κ1) is 17.1. The lowest BCUT2D eigenvalue weighted by molar-refractivity contribution is 0.210. The van der Waals surface area contributed by atoms with Crippen LogP contribution in [-0.4, -0.2) is 41.2 Å². The molecule has 2 heterocycles. The maximum atomic E-state index is 5.23. The number of para-hydroxylation sites is 2. The Kier molecular flexibility index (Phi) is 4.93. The van der Waals surface area contributed by atoms with Gasteiger partial charge in [0.25, 0.3) is 0 Å². The van der Waals surface area contributed by atoms with Crippen LogP contribution >= 0.6 is 0 Å². The Labute approximate surface area is 155 Å². The van der Waals surface area contributed by atoms with Gasteiger partial charge >= 0.3 is 0 Å². The number of hydrogen-bond acceptors (Lipinski definition) is 3. The van der Waals surface area contributed by atoms with E-state index in [-0.39, 0.29) is 0 Å². The first-order chi connectivity index (χ1) is 12.7. The zero-order chi connectivity index (χ0) is 17.9. The molecule has 136 valence electrons. The molecule has 4 heteroatoms. The number of benzene rings is 2. The zero-order valence-corrected chi connectivity index (χ0v) is 15.7. The van der Waals surface area contributed by atoms with Gasteiger partial charge in [-0.15, -0.1) is 0 Å². The smallest absolute Gasteiger partial charge is 0.118 e. The summed E-state index contributed by atoms with van der Waals surface area (Å²) in [6.07, 6.45) is 3.49. The van der Waals surface area contributed by atoms with E-state index >= 15 is 0 Å². The van der Waals surface area contributed by atoms with E-state index in [0.29, 0.717) is 5.92 Å². The number of methoxy groups -OCH3 is 1. The molecule has 26 heavy (non-hydrogen) atoms. The van der Waals surface area contributed by atoms with Gasteiger partial charge in [0.1, 0.15) is 11.6 Å². The van der Waals surface area contributed by atoms with Crippen LogP contribution in [-0.2, 0) is 13.5 Å². The molecule has 0 spiro atoms. The molecule has 0 amide bonds. The minimum atomic E-state index is 0.574. The quantitative estimate of drug-likeness (QED) is 0.697. The SMILES string of the molecule is COc1ccc(CCN2CCC(c3nc4ccccc4n3C)CC2)cc1. The van der Waals surface area contributed by atoms with Crippen LogP contribution in [0.3, 0.4) is 0 Å². The van der Waals surface area contributed by atoms with Gasteiger partial charge in [-0.2, -0.15) is 0 Å². The summed E-state index contributed by atoms with van der Waals surface area (Å²) in [5.41, 5.74) is 3.74. The van der Waals surface area contributed by atoms with Crippen molar-refractivity contribution in [2.75, 3.05) is 26.7 Å². The van der Waals surface area contributed by atoms with Crippen molar-refractivity contribution in [3.05, 3.63) is 59.9 Å². The summed E-state index contributed by atoms with van der Waals surface area (Å²) in [5.74, 6) is 2.75. The average molecular weight is 349 g/mol. The second kappa shape index (κ2) is 7.50. The van der Waals surface area contributed by atoms with Gasteiger partial charge in [0, 0.05) is 19.5 Å². The lowest BCUT2D eigenvalue weighted by Gasteiger charge is -2.31. The number of likely N-dealkylation sites (tertiary alicyclic amines) is 1. The number of piperidine rings is 1. The predicted octanol–water partition coefficient (Wildman–Crippen LogP) is 4.00. The third-order valence-corrected chi connectivity index (χ3v) is 5.65. The molecule has 1 fully saturated rings. The van der Waals surface area contributed by atoms with Crippen LogP contribution in [0.2, 0.25) is 0 Å². The monoisotopic (exact) mass is 349 g/mol. The topological polar surface area (TPSA) is 30.3 Å². The van der Waals surface area contributed by atoms with Gasteiger partial charge < -0.3 is 14.2 Å². The van der Waals surface area contributed by atoms with E-state index < -0.39 is 0 Å². The van der Waals surface area contributed by atoms with Gasteiger partial charge in [0.05, 0.1) is 18.1 Å². The number of ether oxygens (including phenoxy) is 1. The van der Waals surface area contributed by atoms with Crippen molar-refractivity contribution in [3.8, 4) is 5.75 Å². The van der Waals surface area contributed by atoms with Gasteiger partial charge in [-0.3, -0.25) is 0 Å². The fourth-order valence-corrected chi connectivity index (χ4v) is 4.02. The average Bonchev–Trinajstić information content (AvgIpc) is 3.04. The summed E-state index contributed by atoms with van der Waals surface area (Å²) in [5, 5.41) is 0. The number of nitrogens with zero attached hydrogens (tertiary/aromatic N) is 3. The van der Waals surface area contributed by atoms with Gasteiger partial charge in [0.2, 0.25) is 0 Å². The molecule has 4 nitrogen and oxygen atoms in total. The second-order valence-corrected chi connectivity index (χ2v) is 7.23. The highest BCUT2D eigenvalue weighted by Gasteiger charge is 2.24. The van der Waals surface area contributed by atoms with Crippen LogP contribution < -0.4 is 4.74 Å². The molecule has 1 aromatic heterocycles. The van der Waals surface area contributed by atoms with E-state index in [0.717, 1.165) is 37.3 Å². The molecule has 0 unspecified atom stereocenters. The molecule has 0 atom stereocenters. The largest absolute Gasteiger partial charge is 0.497 e. The molecule has 2 aromatic carbocycles. The summed E-state index contributed by atoms with van der Waals surface area (Å²) in [7, 11) is 3.87. The lowest BCUT2D eigenvalue weighted by Crippen LogP contribution is -2.35. The highest BCUT2D eigenvalue weighted by Crippen LogP contribution is 2.29. The minimum Gasteiger partial charge on any atom is -0.497 e. The first-order valence-corrected chi connectivity index (χ1v) is 9.51.